The Hall–Kier alpha value is -1.66. The predicted molar refractivity (Wildman–Crippen MR) is 90.8 cm³/mol. The van der Waals surface area contributed by atoms with E-state index in [9.17, 15) is 4.57 Å². The van der Waals surface area contributed by atoms with E-state index >= 15 is 0 Å². The predicted octanol–water partition coefficient (Wildman–Crippen LogP) is 7.02. The Labute approximate surface area is 122 Å². The molecule has 0 amide bonds. The molecule has 1 atom stereocenters. The molecule has 0 aliphatic carbocycles. The lowest BCUT2D eigenvalue weighted by Crippen LogP contribution is -1.73. The van der Waals surface area contributed by atoms with Gasteiger partial charge in [-0.15, -0.1) is 0 Å². The molecule has 0 aliphatic heterocycles. The third-order valence-corrected chi connectivity index (χ3v) is 3.61. The topological polar surface area (TPSA) is 30.2 Å². The van der Waals surface area contributed by atoms with Crippen LogP contribution in [0.15, 0.2) is 52.7 Å². The Morgan fingerprint density at radius 1 is 0.800 bits per heavy atom. The lowest BCUT2D eigenvalue weighted by molar-refractivity contribution is 0.563. The second-order valence-corrected chi connectivity index (χ2v) is 4.54. The summed E-state index contributed by atoms with van der Waals surface area (Å²) in [6.45, 7) is 8.00. The molecule has 0 aliphatic rings. The van der Waals surface area contributed by atoms with Gasteiger partial charge in [0.25, 0.3) is 0 Å². The molecule has 108 valence electrons. The van der Waals surface area contributed by atoms with Gasteiger partial charge in [0.15, 0.2) is 5.58 Å². The maximum atomic E-state index is 11.8. The lowest BCUT2D eigenvalue weighted by atomic mass is 10.1. The van der Waals surface area contributed by atoms with Crippen molar-refractivity contribution in [2.75, 3.05) is 0 Å². The molecule has 3 rings (SSSR count). The van der Waals surface area contributed by atoms with Crippen LogP contribution in [0, 0.1) is 0 Å². The summed E-state index contributed by atoms with van der Waals surface area (Å²) in [5, 5.41) is 2.81. The van der Waals surface area contributed by atoms with Crippen LogP contribution in [0.1, 0.15) is 35.1 Å². The molecule has 0 saturated carbocycles. The maximum Gasteiger partial charge on any atom is 0.597 e. The smallest absolute Gasteiger partial charge is 0.250 e. The van der Waals surface area contributed by atoms with Gasteiger partial charge < -0.3 is 0 Å². The van der Waals surface area contributed by atoms with Gasteiger partial charge in [0.1, 0.15) is 0 Å². The largest absolute Gasteiger partial charge is 0.597 e. The van der Waals surface area contributed by atoms with Crippen molar-refractivity contribution in [3.05, 3.63) is 48.5 Å². The Morgan fingerprint density at radius 2 is 1.30 bits per heavy atom. The fraction of sp³-hybridized carbons (Fsp3) is 0.294. The summed E-state index contributed by atoms with van der Waals surface area (Å²) in [6, 6.07) is 15.3. The lowest BCUT2D eigenvalue weighted by Gasteiger charge is -1.94. The molecule has 1 heterocycles. The summed E-state index contributed by atoms with van der Waals surface area (Å²) in [5.41, 5.74) is 0.706. The summed E-state index contributed by atoms with van der Waals surface area (Å²) in [5.74, 6) is 0. The van der Waals surface area contributed by atoms with Crippen molar-refractivity contribution >= 4 is 29.1 Å². The van der Waals surface area contributed by atoms with E-state index in [4.69, 9.17) is 4.20 Å². The van der Waals surface area contributed by atoms with Crippen molar-refractivity contribution in [2.45, 2.75) is 35.1 Å². The summed E-state index contributed by atoms with van der Waals surface area (Å²) in [6.07, 6.45) is 0. The molecular weight excluding hydrogens is 267 g/mol. The average molecular weight is 291 g/mol. The number of para-hydroxylation sites is 1. The van der Waals surface area contributed by atoms with Crippen molar-refractivity contribution in [1.82, 2.24) is 0 Å². The number of hydrogen-bond donors (Lipinski definition) is 0. The number of fused-ring (bicyclic) bond motifs is 3. The zero-order valence-corrected chi connectivity index (χ0v) is 12.8. The minimum atomic E-state index is -1.74. The fourth-order valence-corrected chi connectivity index (χ4v) is 2.80. The molecular formula is C17H24O2P+. The summed E-state index contributed by atoms with van der Waals surface area (Å²) >= 11 is 0. The van der Waals surface area contributed by atoms with Crippen LogP contribution >= 0.6 is 7.65 Å². The third-order valence-electron chi connectivity index (χ3n) is 2.46. The Balaban J connectivity index is 0.000000667. The Bertz CT molecular complexity index is 702. The van der Waals surface area contributed by atoms with Crippen LogP contribution in [0.5, 0.6) is 0 Å². The van der Waals surface area contributed by atoms with Gasteiger partial charge in [0.05, 0.1) is 0 Å². The minimum Gasteiger partial charge on any atom is -0.250 e. The van der Waals surface area contributed by atoms with Gasteiger partial charge in [0.2, 0.25) is 5.12 Å². The van der Waals surface area contributed by atoms with Crippen LogP contribution in [0.25, 0.3) is 21.5 Å². The quantitative estimate of drug-likeness (QED) is 0.417. The zero-order valence-electron chi connectivity index (χ0n) is 11.9. The first kappa shape index (κ1) is 18.3. The van der Waals surface area contributed by atoms with Crippen LogP contribution in [-0.4, -0.2) is 0 Å². The van der Waals surface area contributed by atoms with E-state index in [1.165, 1.54) is 0 Å². The molecule has 2 aromatic carbocycles. The van der Waals surface area contributed by atoms with Crippen LogP contribution in [0.4, 0.5) is 0 Å². The monoisotopic (exact) mass is 291 g/mol. The number of benzene rings is 2. The van der Waals surface area contributed by atoms with E-state index in [-0.39, 0.29) is 7.43 Å². The highest BCUT2D eigenvalue weighted by Crippen LogP contribution is 2.34. The molecule has 0 fully saturated rings. The molecule has 0 bridgehead atoms. The number of rotatable bonds is 0. The highest BCUT2D eigenvalue weighted by molar-refractivity contribution is 7.37. The maximum absolute atomic E-state index is 11.8. The van der Waals surface area contributed by atoms with Gasteiger partial charge in [-0.25, -0.2) is 4.20 Å². The third kappa shape index (κ3) is 3.68. The molecule has 3 heteroatoms. The van der Waals surface area contributed by atoms with Crippen molar-refractivity contribution in [2.24, 2.45) is 0 Å². The van der Waals surface area contributed by atoms with Gasteiger partial charge in [0, 0.05) is 10.8 Å². The zero-order chi connectivity index (χ0) is 14.3. The highest BCUT2D eigenvalue weighted by Gasteiger charge is 2.14. The van der Waals surface area contributed by atoms with Crippen molar-refractivity contribution < 1.29 is 8.76 Å². The van der Waals surface area contributed by atoms with Crippen molar-refractivity contribution in [3.63, 3.8) is 0 Å². The molecule has 0 saturated heterocycles. The van der Waals surface area contributed by atoms with E-state index in [2.05, 4.69) is 0 Å². The Kier molecular flexibility index (Phi) is 8.51. The van der Waals surface area contributed by atoms with Gasteiger partial charge in [-0.05, 0) is 22.8 Å². The summed E-state index contributed by atoms with van der Waals surface area (Å²) in [4.78, 5) is 0. The Morgan fingerprint density at radius 3 is 1.95 bits per heavy atom. The molecule has 1 aromatic heterocycles. The van der Waals surface area contributed by atoms with Crippen molar-refractivity contribution in [3.8, 4) is 0 Å². The fourth-order valence-electron chi connectivity index (χ4n) is 1.77. The van der Waals surface area contributed by atoms with Crippen LogP contribution in [0.2, 0.25) is 0 Å². The molecule has 2 nitrogen and oxygen atoms in total. The first-order valence-corrected chi connectivity index (χ1v) is 7.88. The first-order valence-electron chi connectivity index (χ1n) is 6.70. The van der Waals surface area contributed by atoms with Gasteiger partial charge in [-0.1, -0.05) is 65.5 Å². The highest BCUT2D eigenvalue weighted by atomic mass is 31.1. The normalized spacial score (nSPS) is 9.70. The van der Waals surface area contributed by atoms with E-state index in [1.807, 2.05) is 76.2 Å². The van der Waals surface area contributed by atoms with Gasteiger partial charge in [-0.2, -0.15) is 0 Å². The SMILES string of the molecule is C.CC.CC.O=[p+]1oc2ccccc2c2ccccc21. The number of hydrogen-bond acceptors (Lipinski definition) is 2. The van der Waals surface area contributed by atoms with E-state index in [0.717, 1.165) is 15.9 Å². The van der Waals surface area contributed by atoms with Crippen molar-refractivity contribution in [1.29, 1.82) is 0 Å². The van der Waals surface area contributed by atoms with E-state index in [1.54, 1.807) is 0 Å². The van der Waals surface area contributed by atoms with E-state index < -0.39 is 7.65 Å². The molecule has 1 unspecified atom stereocenters. The van der Waals surface area contributed by atoms with Gasteiger partial charge >= 0.3 is 7.65 Å². The summed E-state index contributed by atoms with van der Waals surface area (Å²) in [7, 11) is -1.74. The van der Waals surface area contributed by atoms with Crippen LogP contribution in [-0.2, 0) is 4.57 Å². The second-order valence-electron chi connectivity index (χ2n) is 3.36. The molecule has 0 radical (unpaired) electrons. The van der Waals surface area contributed by atoms with Gasteiger partial charge in [-0.3, -0.25) is 0 Å². The van der Waals surface area contributed by atoms with Crippen LogP contribution in [0.3, 0.4) is 0 Å². The second kappa shape index (κ2) is 9.28. The molecule has 20 heavy (non-hydrogen) atoms. The first-order chi connectivity index (χ1) is 9.36. The van der Waals surface area contributed by atoms with E-state index in [0.29, 0.717) is 5.58 Å². The average Bonchev–Trinajstić information content (AvgIpc) is 2.52. The summed E-state index contributed by atoms with van der Waals surface area (Å²) < 4.78 is 17.1. The standard InChI is InChI=1S/C12H8O2P.2C2H6.CH4/c13-15-12-8-4-2-6-10(12)9-5-1-3-7-11(9)14-15;2*1-2;/h1-8H;2*1-2H3;1H4/q+1;;;. The molecule has 0 spiro atoms. The molecule has 0 N–H and O–H groups in total. The van der Waals surface area contributed by atoms with Crippen LogP contribution < -0.4 is 0 Å². The molecule has 3 aromatic rings. The minimum absolute atomic E-state index is 0.